The van der Waals surface area contributed by atoms with Gasteiger partial charge in [0.05, 0.1) is 26.5 Å². The van der Waals surface area contributed by atoms with Crippen molar-refractivity contribution in [2.24, 2.45) is 0 Å². The minimum absolute atomic E-state index is 0.118. The van der Waals surface area contributed by atoms with E-state index < -0.39 is 0 Å². The van der Waals surface area contributed by atoms with Crippen LogP contribution in [0.5, 0.6) is 11.5 Å². The Labute approximate surface area is 173 Å². The molecule has 3 aromatic rings. The summed E-state index contributed by atoms with van der Waals surface area (Å²) in [6.45, 7) is 4.17. The number of hydrogen-bond donors (Lipinski definition) is 2. The van der Waals surface area contributed by atoms with Crippen LogP contribution in [0.4, 0.5) is 5.95 Å². The van der Waals surface area contributed by atoms with Crippen LogP contribution in [0, 0.1) is 6.92 Å². The highest BCUT2D eigenvalue weighted by Crippen LogP contribution is 2.30. The van der Waals surface area contributed by atoms with Gasteiger partial charge < -0.3 is 19.5 Å². The fraction of sp³-hybridized carbons (Fsp3) is 0.400. The number of ether oxygens (including phenoxy) is 3. The highest BCUT2D eigenvalue weighted by Gasteiger charge is 2.15. The fourth-order valence-corrected chi connectivity index (χ4v) is 3.15. The number of nitrogens with zero attached hydrogens (tertiary/aromatic N) is 3. The molecule has 10 nitrogen and oxygen atoms in total. The predicted octanol–water partition coefficient (Wildman–Crippen LogP) is 1.85. The van der Waals surface area contributed by atoms with Crippen LogP contribution in [0.1, 0.15) is 30.2 Å². The number of fused-ring (bicyclic) bond motifs is 1. The van der Waals surface area contributed by atoms with E-state index in [1.165, 1.54) is 4.52 Å². The summed E-state index contributed by atoms with van der Waals surface area (Å²) in [5, 5.41) is 6.05. The number of H-pyrrole nitrogens is 1. The maximum absolute atomic E-state index is 12.8. The van der Waals surface area contributed by atoms with Gasteiger partial charge in [-0.1, -0.05) is 12.1 Å². The van der Waals surface area contributed by atoms with Crippen molar-refractivity contribution in [3.05, 3.63) is 45.4 Å². The number of para-hydroxylation sites is 1. The van der Waals surface area contributed by atoms with Crippen LogP contribution in [-0.4, -0.2) is 46.4 Å². The number of hydrogen-bond acceptors (Lipinski definition) is 8. The zero-order valence-electron chi connectivity index (χ0n) is 17.4. The molecule has 0 bridgehead atoms. The first-order valence-electron chi connectivity index (χ1n) is 9.56. The third kappa shape index (κ3) is 4.37. The molecule has 0 aliphatic heterocycles. The number of aromatic amines is 1. The molecule has 30 heavy (non-hydrogen) atoms. The van der Waals surface area contributed by atoms with E-state index >= 15 is 0 Å². The van der Waals surface area contributed by atoms with Gasteiger partial charge in [0.15, 0.2) is 11.5 Å². The van der Waals surface area contributed by atoms with Crippen molar-refractivity contribution in [3.63, 3.8) is 0 Å². The van der Waals surface area contributed by atoms with E-state index in [2.05, 4.69) is 20.4 Å². The van der Waals surface area contributed by atoms with E-state index in [0.29, 0.717) is 41.9 Å². The van der Waals surface area contributed by atoms with Crippen LogP contribution in [0.15, 0.2) is 23.0 Å². The second-order valence-corrected chi connectivity index (χ2v) is 6.50. The number of methoxy groups -OCH3 is 2. The van der Waals surface area contributed by atoms with E-state index in [9.17, 15) is 9.59 Å². The van der Waals surface area contributed by atoms with Gasteiger partial charge in [-0.2, -0.15) is 9.50 Å². The summed E-state index contributed by atoms with van der Waals surface area (Å²) in [6, 6.07) is 5.58. The molecular weight excluding hydrogens is 390 g/mol. The molecule has 0 saturated carbocycles. The van der Waals surface area contributed by atoms with Gasteiger partial charge in [0, 0.05) is 24.1 Å². The Balaban J connectivity index is 1.81. The first-order chi connectivity index (χ1) is 14.5. The number of nitrogens with one attached hydrogen (secondary N) is 2. The monoisotopic (exact) mass is 415 g/mol. The molecule has 0 aliphatic carbocycles. The Morgan fingerprint density at radius 2 is 2.03 bits per heavy atom. The zero-order chi connectivity index (χ0) is 21.7. The normalized spacial score (nSPS) is 10.8. The van der Waals surface area contributed by atoms with Gasteiger partial charge >= 0.3 is 5.97 Å². The van der Waals surface area contributed by atoms with Crippen LogP contribution in [0.25, 0.3) is 5.78 Å². The van der Waals surface area contributed by atoms with Gasteiger partial charge in [-0.15, -0.1) is 0 Å². The lowest BCUT2D eigenvalue weighted by Crippen LogP contribution is -2.23. The van der Waals surface area contributed by atoms with E-state index in [4.69, 9.17) is 14.2 Å². The maximum atomic E-state index is 12.8. The molecule has 2 aromatic heterocycles. The molecule has 0 atom stereocenters. The van der Waals surface area contributed by atoms with E-state index in [0.717, 1.165) is 5.56 Å². The van der Waals surface area contributed by atoms with Crippen molar-refractivity contribution < 1.29 is 19.0 Å². The van der Waals surface area contributed by atoms with Crippen LogP contribution in [-0.2, 0) is 22.5 Å². The second kappa shape index (κ2) is 9.29. The van der Waals surface area contributed by atoms with E-state index in [-0.39, 0.29) is 30.1 Å². The number of carbonyl (C=O) groups is 1. The molecule has 0 amide bonds. The lowest BCUT2D eigenvalue weighted by molar-refractivity contribution is -0.143. The summed E-state index contributed by atoms with van der Waals surface area (Å²) in [7, 11) is 3.15. The highest BCUT2D eigenvalue weighted by atomic mass is 16.5. The molecule has 10 heteroatoms. The number of rotatable bonds is 9. The Morgan fingerprint density at radius 3 is 2.73 bits per heavy atom. The molecule has 2 N–H and O–H groups in total. The summed E-state index contributed by atoms with van der Waals surface area (Å²) in [6.07, 6.45) is 0.370. The van der Waals surface area contributed by atoms with Crippen molar-refractivity contribution in [1.82, 2.24) is 19.6 Å². The highest BCUT2D eigenvalue weighted by molar-refractivity contribution is 5.69. The van der Waals surface area contributed by atoms with Crippen LogP contribution in [0.2, 0.25) is 0 Å². The van der Waals surface area contributed by atoms with Crippen molar-refractivity contribution in [1.29, 1.82) is 0 Å². The largest absolute Gasteiger partial charge is 0.493 e. The first kappa shape index (κ1) is 21.2. The molecule has 0 fully saturated rings. The minimum Gasteiger partial charge on any atom is -0.493 e. The molecule has 0 aliphatic rings. The van der Waals surface area contributed by atoms with Crippen molar-refractivity contribution in [3.8, 4) is 11.5 Å². The minimum atomic E-state index is -0.347. The first-order valence-corrected chi connectivity index (χ1v) is 9.56. The van der Waals surface area contributed by atoms with Crippen LogP contribution >= 0.6 is 0 Å². The lowest BCUT2D eigenvalue weighted by atomic mass is 10.1. The Hall–Kier alpha value is -3.56. The molecule has 160 valence electrons. The quantitative estimate of drug-likeness (QED) is 0.508. The van der Waals surface area contributed by atoms with Crippen molar-refractivity contribution in [2.45, 2.75) is 33.2 Å². The summed E-state index contributed by atoms with van der Waals surface area (Å²) >= 11 is 0. The van der Waals surface area contributed by atoms with Crippen molar-refractivity contribution in [2.75, 3.05) is 26.1 Å². The fourth-order valence-electron chi connectivity index (χ4n) is 3.15. The smallest absolute Gasteiger partial charge is 0.306 e. The second-order valence-electron chi connectivity index (χ2n) is 6.50. The number of benzene rings is 1. The molecule has 0 radical (unpaired) electrons. The van der Waals surface area contributed by atoms with E-state index in [1.54, 1.807) is 28.1 Å². The Morgan fingerprint density at radius 1 is 1.23 bits per heavy atom. The summed E-state index contributed by atoms with van der Waals surface area (Å²) in [5.41, 5.74) is 1.56. The molecule has 2 heterocycles. The van der Waals surface area contributed by atoms with Gasteiger partial charge in [-0.25, -0.2) is 4.98 Å². The summed E-state index contributed by atoms with van der Waals surface area (Å²) in [4.78, 5) is 33.2. The van der Waals surface area contributed by atoms with Gasteiger partial charge in [0.25, 0.3) is 11.3 Å². The Kier molecular flexibility index (Phi) is 6.55. The average molecular weight is 415 g/mol. The van der Waals surface area contributed by atoms with Gasteiger partial charge in [-0.3, -0.25) is 14.7 Å². The summed E-state index contributed by atoms with van der Waals surface area (Å²) in [5.74, 6) is 1.53. The lowest BCUT2D eigenvalue weighted by Gasteiger charge is -2.12. The molecule has 0 unspecified atom stereocenters. The van der Waals surface area contributed by atoms with Crippen molar-refractivity contribution >= 4 is 17.7 Å². The molecular formula is C20H25N5O5. The Bertz CT molecular complexity index is 1100. The maximum Gasteiger partial charge on any atom is 0.306 e. The third-order valence-corrected chi connectivity index (χ3v) is 4.61. The molecule has 1 aromatic carbocycles. The topological polar surface area (TPSA) is 120 Å². The molecule has 3 rings (SSSR count). The third-order valence-electron chi connectivity index (χ3n) is 4.61. The zero-order valence-corrected chi connectivity index (χ0v) is 17.4. The number of esters is 1. The van der Waals surface area contributed by atoms with E-state index in [1.807, 2.05) is 18.2 Å². The standard InChI is InChI=1S/C20H25N5O5/c1-5-30-16(26)10-9-14-12(2)22-20-23-19(24-25(20)18(14)27)21-11-13-7-6-8-15(28-3)17(13)29-4/h6-8H,5,9-11H2,1-4H3,(H2,21,22,23,24). The summed E-state index contributed by atoms with van der Waals surface area (Å²) < 4.78 is 16.9. The number of carbonyl (C=O) groups excluding carboxylic acids is 1. The average Bonchev–Trinajstić information content (AvgIpc) is 3.14. The number of aryl methyl sites for hydroxylation is 1. The SMILES string of the molecule is CCOC(=O)CCc1c(C)nc2nc(NCc3cccc(OC)c3OC)[nH]n2c1=O. The number of anilines is 1. The van der Waals surface area contributed by atoms with Gasteiger partial charge in [0.1, 0.15) is 0 Å². The van der Waals surface area contributed by atoms with Crippen LogP contribution in [0.3, 0.4) is 0 Å². The van der Waals surface area contributed by atoms with Crippen LogP contribution < -0.4 is 20.3 Å². The van der Waals surface area contributed by atoms with Gasteiger partial charge in [0.2, 0.25) is 5.95 Å². The number of aromatic nitrogens is 4. The molecule has 0 saturated heterocycles. The van der Waals surface area contributed by atoms with Gasteiger partial charge in [-0.05, 0) is 26.3 Å². The predicted molar refractivity (Wildman–Crippen MR) is 110 cm³/mol. The molecule has 0 spiro atoms.